The lowest BCUT2D eigenvalue weighted by atomic mass is 9.88. The Morgan fingerprint density at radius 3 is 2.69 bits per heavy atom. The topological polar surface area (TPSA) is 70.7 Å². The van der Waals surface area contributed by atoms with Gasteiger partial charge in [-0.15, -0.1) is 12.4 Å². The number of nitrogens with zero attached hydrogens (tertiary/aromatic N) is 1. The van der Waals surface area contributed by atoms with Gasteiger partial charge in [0.15, 0.2) is 0 Å². The van der Waals surface area contributed by atoms with Crippen molar-refractivity contribution in [3.63, 3.8) is 0 Å². The van der Waals surface area contributed by atoms with Crippen LogP contribution < -0.4 is 15.4 Å². The molecule has 0 radical (unpaired) electrons. The number of hydrogen-bond acceptors (Lipinski definition) is 4. The minimum atomic E-state index is -0.157. The van der Waals surface area contributed by atoms with E-state index in [2.05, 4.69) is 10.6 Å². The lowest BCUT2D eigenvalue weighted by Gasteiger charge is -2.37. The van der Waals surface area contributed by atoms with E-state index >= 15 is 0 Å². The first-order valence-corrected chi connectivity index (χ1v) is 10.5. The fourth-order valence-electron chi connectivity index (χ4n) is 4.38. The molecule has 7 heteroatoms. The zero-order chi connectivity index (χ0) is 19.9. The Kier molecular flexibility index (Phi) is 9.24. The highest BCUT2D eigenvalue weighted by atomic mass is 35.5. The Balaban J connectivity index is 0.00000300. The number of carbonyl (C=O) groups excluding carboxylic acids is 2. The molecule has 1 aliphatic carbocycles. The predicted molar refractivity (Wildman–Crippen MR) is 116 cm³/mol. The minimum Gasteiger partial charge on any atom is -0.496 e. The van der Waals surface area contributed by atoms with Gasteiger partial charge in [-0.25, -0.2) is 0 Å². The largest absolute Gasteiger partial charge is 0.496 e. The lowest BCUT2D eigenvalue weighted by Crippen LogP contribution is -2.50. The summed E-state index contributed by atoms with van der Waals surface area (Å²) in [6.07, 6.45) is 5.76. The van der Waals surface area contributed by atoms with Crippen molar-refractivity contribution in [3.8, 4) is 5.75 Å². The summed E-state index contributed by atoms with van der Waals surface area (Å²) in [5, 5.41) is 6.45. The van der Waals surface area contributed by atoms with Gasteiger partial charge in [0.2, 0.25) is 11.8 Å². The average Bonchev–Trinajstić information content (AvgIpc) is 2.74. The SMILES string of the molecule is COc1ccccc1C1CNCCN1C(=O)CC(C)NC(=O)C1CCCCC1.Cl. The summed E-state index contributed by atoms with van der Waals surface area (Å²) in [6, 6.07) is 7.65. The third kappa shape index (κ3) is 6.09. The summed E-state index contributed by atoms with van der Waals surface area (Å²) < 4.78 is 5.50. The zero-order valence-corrected chi connectivity index (χ0v) is 18.3. The van der Waals surface area contributed by atoms with Crippen molar-refractivity contribution in [2.45, 2.75) is 57.5 Å². The fraction of sp³-hybridized carbons (Fsp3) is 0.636. The van der Waals surface area contributed by atoms with Gasteiger partial charge < -0.3 is 20.3 Å². The van der Waals surface area contributed by atoms with Crippen LogP contribution >= 0.6 is 12.4 Å². The van der Waals surface area contributed by atoms with E-state index in [9.17, 15) is 9.59 Å². The monoisotopic (exact) mass is 423 g/mol. The number of halogens is 1. The van der Waals surface area contributed by atoms with Crippen LogP contribution in [0.15, 0.2) is 24.3 Å². The molecule has 2 fully saturated rings. The number of rotatable bonds is 6. The average molecular weight is 424 g/mol. The van der Waals surface area contributed by atoms with Crippen LogP contribution in [0.25, 0.3) is 0 Å². The van der Waals surface area contributed by atoms with Crippen molar-refractivity contribution >= 4 is 24.2 Å². The molecule has 162 valence electrons. The van der Waals surface area contributed by atoms with Gasteiger partial charge >= 0.3 is 0 Å². The molecule has 2 aliphatic rings. The van der Waals surface area contributed by atoms with Crippen molar-refractivity contribution < 1.29 is 14.3 Å². The zero-order valence-electron chi connectivity index (χ0n) is 17.5. The van der Waals surface area contributed by atoms with Crippen LogP contribution in [0.3, 0.4) is 0 Å². The van der Waals surface area contributed by atoms with Crippen molar-refractivity contribution in [2.24, 2.45) is 5.92 Å². The van der Waals surface area contributed by atoms with Gasteiger partial charge in [-0.2, -0.15) is 0 Å². The number of benzene rings is 1. The number of piperazine rings is 1. The Morgan fingerprint density at radius 2 is 1.97 bits per heavy atom. The molecule has 0 aromatic heterocycles. The second kappa shape index (κ2) is 11.4. The third-order valence-electron chi connectivity index (χ3n) is 5.91. The normalized spacial score (nSPS) is 21.0. The van der Waals surface area contributed by atoms with Gasteiger partial charge in [0.1, 0.15) is 5.75 Å². The Hall–Kier alpha value is -1.79. The van der Waals surface area contributed by atoms with Crippen molar-refractivity contribution in [1.29, 1.82) is 0 Å². The van der Waals surface area contributed by atoms with E-state index in [1.807, 2.05) is 36.1 Å². The molecule has 1 saturated carbocycles. The molecular weight excluding hydrogens is 390 g/mol. The van der Waals surface area contributed by atoms with E-state index in [1.54, 1.807) is 7.11 Å². The predicted octanol–water partition coefficient (Wildman–Crippen LogP) is 3.07. The number of hydrogen-bond donors (Lipinski definition) is 2. The van der Waals surface area contributed by atoms with Gasteiger partial charge in [0.25, 0.3) is 0 Å². The van der Waals surface area contributed by atoms with Crippen LogP contribution in [0.5, 0.6) is 5.75 Å². The summed E-state index contributed by atoms with van der Waals surface area (Å²) in [7, 11) is 1.66. The Morgan fingerprint density at radius 1 is 1.24 bits per heavy atom. The fourth-order valence-corrected chi connectivity index (χ4v) is 4.38. The number of nitrogens with one attached hydrogen (secondary N) is 2. The van der Waals surface area contributed by atoms with Crippen LogP contribution in [0.2, 0.25) is 0 Å². The van der Waals surface area contributed by atoms with Crippen molar-refractivity contribution in [3.05, 3.63) is 29.8 Å². The van der Waals surface area contributed by atoms with Gasteiger partial charge in [-0.05, 0) is 25.8 Å². The molecular formula is C22H34ClN3O3. The molecule has 2 amide bonds. The number of amides is 2. The molecule has 29 heavy (non-hydrogen) atoms. The highest BCUT2D eigenvalue weighted by molar-refractivity contribution is 5.85. The van der Waals surface area contributed by atoms with Crippen molar-refractivity contribution in [2.75, 3.05) is 26.7 Å². The van der Waals surface area contributed by atoms with E-state index in [1.165, 1.54) is 6.42 Å². The van der Waals surface area contributed by atoms with E-state index in [0.29, 0.717) is 19.5 Å². The summed E-state index contributed by atoms with van der Waals surface area (Å²) in [4.78, 5) is 27.5. The molecule has 2 unspecified atom stereocenters. The van der Waals surface area contributed by atoms with Crippen LogP contribution in [0.1, 0.15) is 57.1 Å². The van der Waals surface area contributed by atoms with Crippen LogP contribution in [-0.2, 0) is 9.59 Å². The number of para-hydroxylation sites is 1. The summed E-state index contributed by atoms with van der Waals surface area (Å²) >= 11 is 0. The number of methoxy groups -OCH3 is 1. The molecule has 2 atom stereocenters. The second-order valence-corrected chi connectivity index (χ2v) is 8.00. The third-order valence-corrected chi connectivity index (χ3v) is 5.91. The maximum atomic E-state index is 13.1. The minimum absolute atomic E-state index is 0. The highest BCUT2D eigenvalue weighted by Gasteiger charge is 2.31. The van der Waals surface area contributed by atoms with E-state index in [4.69, 9.17) is 4.74 Å². The van der Waals surface area contributed by atoms with E-state index in [0.717, 1.165) is 43.5 Å². The van der Waals surface area contributed by atoms with E-state index < -0.39 is 0 Å². The maximum absolute atomic E-state index is 13.1. The molecule has 6 nitrogen and oxygen atoms in total. The highest BCUT2D eigenvalue weighted by Crippen LogP contribution is 2.30. The molecule has 0 spiro atoms. The lowest BCUT2D eigenvalue weighted by molar-refractivity contribution is -0.135. The van der Waals surface area contributed by atoms with Gasteiger partial charge in [0, 0.05) is 43.6 Å². The number of ether oxygens (including phenoxy) is 1. The molecule has 2 N–H and O–H groups in total. The van der Waals surface area contributed by atoms with E-state index in [-0.39, 0.29) is 42.2 Å². The molecule has 1 saturated heterocycles. The summed E-state index contributed by atoms with van der Waals surface area (Å²) in [5.74, 6) is 1.11. The standard InChI is InChI=1S/C22H33N3O3.ClH/c1-16(24-22(27)17-8-4-3-5-9-17)14-21(26)25-13-12-23-15-19(25)18-10-6-7-11-20(18)28-2;/h6-7,10-11,16-17,19,23H,3-5,8-9,12-15H2,1-2H3,(H,24,27);1H. The molecule has 0 bridgehead atoms. The van der Waals surface area contributed by atoms with Crippen LogP contribution in [0.4, 0.5) is 0 Å². The quantitative estimate of drug-likeness (QED) is 0.737. The molecule has 1 aromatic carbocycles. The molecule has 1 heterocycles. The Labute approximate surface area is 180 Å². The smallest absolute Gasteiger partial charge is 0.225 e. The number of carbonyl (C=O) groups is 2. The van der Waals surface area contributed by atoms with Crippen molar-refractivity contribution in [1.82, 2.24) is 15.5 Å². The van der Waals surface area contributed by atoms with Gasteiger partial charge in [0.05, 0.1) is 13.2 Å². The van der Waals surface area contributed by atoms with Crippen LogP contribution in [0, 0.1) is 5.92 Å². The second-order valence-electron chi connectivity index (χ2n) is 8.00. The van der Waals surface area contributed by atoms with Gasteiger partial charge in [-0.3, -0.25) is 9.59 Å². The first kappa shape index (κ1) is 23.5. The first-order valence-electron chi connectivity index (χ1n) is 10.5. The van der Waals surface area contributed by atoms with Crippen LogP contribution in [-0.4, -0.2) is 49.5 Å². The molecule has 1 aromatic rings. The first-order chi connectivity index (χ1) is 13.6. The summed E-state index contributed by atoms with van der Waals surface area (Å²) in [5.41, 5.74) is 1.02. The molecule has 3 rings (SSSR count). The van der Waals surface area contributed by atoms with Gasteiger partial charge in [-0.1, -0.05) is 37.5 Å². The Bertz CT molecular complexity index is 679. The molecule has 1 aliphatic heterocycles. The maximum Gasteiger partial charge on any atom is 0.225 e. The summed E-state index contributed by atoms with van der Waals surface area (Å²) in [6.45, 7) is 4.07.